The van der Waals surface area contributed by atoms with Gasteiger partial charge < -0.3 is 15.5 Å². The summed E-state index contributed by atoms with van der Waals surface area (Å²) in [5.74, 6) is 0.933. The van der Waals surface area contributed by atoms with Crippen molar-refractivity contribution in [1.82, 2.24) is 15.6 Å². The third kappa shape index (κ3) is 3.18. The first kappa shape index (κ1) is 12.7. The van der Waals surface area contributed by atoms with Crippen molar-refractivity contribution in [3.8, 4) is 0 Å². The molecule has 19 heavy (non-hydrogen) atoms. The number of hydrogen-bond donors (Lipinski definition) is 2. The van der Waals surface area contributed by atoms with E-state index in [-0.39, 0.29) is 0 Å². The second kappa shape index (κ2) is 5.77. The third-order valence-corrected chi connectivity index (χ3v) is 4.45. The smallest absolute Gasteiger partial charge is 0.191 e. The Morgan fingerprint density at radius 3 is 3.05 bits per heavy atom. The van der Waals surface area contributed by atoms with Gasteiger partial charge in [-0.25, -0.2) is 4.98 Å². The van der Waals surface area contributed by atoms with Crippen LogP contribution in [0.2, 0.25) is 0 Å². The van der Waals surface area contributed by atoms with Crippen LogP contribution in [0.1, 0.15) is 25.5 Å². The fourth-order valence-electron chi connectivity index (χ4n) is 2.43. The van der Waals surface area contributed by atoms with Crippen molar-refractivity contribution in [1.29, 1.82) is 0 Å². The summed E-state index contributed by atoms with van der Waals surface area (Å²) in [5, 5.41) is 10.0. The summed E-state index contributed by atoms with van der Waals surface area (Å²) in [7, 11) is 0. The molecule has 1 atom stereocenters. The third-order valence-electron chi connectivity index (χ3n) is 3.50. The van der Waals surface area contributed by atoms with Crippen molar-refractivity contribution in [3.63, 3.8) is 0 Å². The Morgan fingerprint density at radius 1 is 1.47 bits per heavy atom. The van der Waals surface area contributed by atoms with E-state index in [0.29, 0.717) is 6.04 Å². The molecule has 0 radical (unpaired) electrons. The molecule has 3 heterocycles. The van der Waals surface area contributed by atoms with E-state index in [1.54, 1.807) is 11.3 Å². The van der Waals surface area contributed by atoms with Crippen LogP contribution in [0.3, 0.4) is 0 Å². The molecule has 5 nitrogen and oxygen atoms in total. The quantitative estimate of drug-likeness (QED) is 0.870. The molecular formula is C13H21N5S. The monoisotopic (exact) mass is 279 g/mol. The van der Waals surface area contributed by atoms with Gasteiger partial charge in [-0.3, -0.25) is 4.99 Å². The molecule has 0 aromatic carbocycles. The van der Waals surface area contributed by atoms with Gasteiger partial charge in [0.15, 0.2) is 11.1 Å². The second-order valence-electron chi connectivity index (χ2n) is 5.23. The van der Waals surface area contributed by atoms with Crippen LogP contribution in [0.25, 0.3) is 0 Å². The van der Waals surface area contributed by atoms with Crippen molar-refractivity contribution in [2.75, 3.05) is 31.1 Å². The number of anilines is 1. The van der Waals surface area contributed by atoms with Crippen LogP contribution >= 0.6 is 11.3 Å². The molecule has 0 bridgehead atoms. The molecule has 0 spiro atoms. The van der Waals surface area contributed by atoms with Gasteiger partial charge >= 0.3 is 0 Å². The van der Waals surface area contributed by atoms with Crippen LogP contribution in [0.4, 0.5) is 5.13 Å². The Balaban J connectivity index is 1.45. The standard InChI is InChI=1S/C13H21N5S/c1-10-8-15-12(16-10)14-5-4-11-9-19-13(17-11)18-6-2-3-7-18/h9-10H,2-8H2,1H3,(H2,14,15,16). The summed E-state index contributed by atoms with van der Waals surface area (Å²) < 4.78 is 0. The van der Waals surface area contributed by atoms with E-state index in [1.807, 2.05) is 0 Å². The van der Waals surface area contributed by atoms with E-state index in [4.69, 9.17) is 4.98 Å². The van der Waals surface area contributed by atoms with Crippen molar-refractivity contribution >= 4 is 22.4 Å². The lowest BCUT2D eigenvalue weighted by molar-refractivity contribution is 0.711. The maximum absolute atomic E-state index is 4.72. The van der Waals surface area contributed by atoms with Crippen LogP contribution < -0.4 is 15.5 Å². The van der Waals surface area contributed by atoms with Crippen molar-refractivity contribution in [2.24, 2.45) is 4.99 Å². The first-order valence-corrected chi connectivity index (χ1v) is 7.93. The molecule has 0 aliphatic carbocycles. The normalized spacial score (nSPS) is 22.5. The zero-order valence-corrected chi connectivity index (χ0v) is 12.2. The minimum atomic E-state index is 0.462. The lowest BCUT2D eigenvalue weighted by atomic mass is 10.3. The number of nitrogens with one attached hydrogen (secondary N) is 2. The minimum Gasteiger partial charge on any atom is -0.356 e. The minimum absolute atomic E-state index is 0.462. The van der Waals surface area contributed by atoms with Gasteiger partial charge in [0.05, 0.1) is 12.2 Å². The summed E-state index contributed by atoms with van der Waals surface area (Å²) in [6, 6.07) is 0.462. The lowest BCUT2D eigenvalue weighted by Gasteiger charge is -2.12. The molecule has 3 rings (SSSR count). The van der Waals surface area contributed by atoms with Gasteiger partial charge in [-0.05, 0) is 19.8 Å². The second-order valence-corrected chi connectivity index (χ2v) is 6.06. The molecule has 1 aromatic heterocycles. The molecule has 1 aromatic rings. The maximum Gasteiger partial charge on any atom is 0.191 e. The predicted octanol–water partition coefficient (Wildman–Crippen LogP) is 1.22. The van der Waals surface area contributed by atoms with Crippen molar-refractivity contribution < 1.29 is 0 Å². The van der Waals surface area contributed by atoms with Crippen LogP contribution in [0.15, 0.2) is 10.4 Å². The zero-order valence-electron chi connectivity index (χ0n) is 11.4. The number of aromatic nitrogens is 1. The average Bonchev–Trinajstić information content (AvgIpc) is 3.09. The van der Waals surface area contributed by atoms with Gasteiger partial charge in [0.25, 0.3) is 0 Å². The molecule has 2 aliphatic rings. The fraction of sp³-hybridized carbons (Fsp3) is 0.692. The molecule has 1 fully saturated rings. The molecule has 6 heteroatoms. The Kier molecular flexibility index (Phi) is 3.87. The fourth-order valence-corrected chi connectivity index (χ4v) is 3.35. The number of nitrogens with zero attached hydrogens (tertiary/aromatic N) is 3. The van der Waals surface area contributed by atoms with Crippen LogP contribution in [-0.2, 0) is 6.42 Å². The van der Waals surface area contributed by atoms with E-state index in [0.717, 1.165) is 25.5 Å². The van der Waals surface area contributed by atoms with Crippen molar-refractivity contribution in [3.05, 3.63) is 11.1 Å². The number of rotatable bonds is 4. The van der Waals surface area contributed by atoms with Crippen LogP contribution in [0, 0.1) is 0 Å². The molecule has 104 valence electrons. The number of guanidine groups is 1. The van der Waals surface area contributed by atoms with E-state index in [2.05, 4.69) is 32.8 Å². The van der Waals surface area contributed by atoms with E-state index in [9.17, 15) is 0 Å². The zero-order chi connectivity index (χ0) is 13.1. The average molecular weight is 279 g/mol. The van der Waals surface area contributed by atoms with Crippen molar-refractivity contribution in [2.45, 2.75) is 32.2 Å². The van der Waals surface area contributed by atoms with E-state index < -0.39 is 0 Å². The Morgan fingerprint density at radius 2 is 2.32 bits per heavy atom. The van der Waals surface area contributed by atoms with Gasteiger partial charge in [0.2, 0.25) is 0 Å². The summed E-state index contributed by atoms with van der Waals surface area (Å²) in [4.78, 5) is 11.5. The van der Waals surface area contributed by atoms with Gasteiger partial charge in [-0.2, -0.15) is 0 Å². The predicted molar refractivity (Wildman–Crippen MR) is 80.2 cm³/mol. The molecule has 1 unspecified atom stereocenters. The summed E-state index contributed by atoms with van der Waals surface area (Å²) in [5.41, 5.74) is 1.19. The Bertz CT molecular complexity index is 450. The van der Waals surface area contributed by atoms with Crippen LogP contribution in [-0.4, -0.2) is 43.2 Å². The Labute approximate surface area is 118 Å². The first-order valence-electron chi connectivity index (χ1n) is 7.05. The van der Waals surface area contributed by atoms with Gasteiger partial charge in [-0.15, -0.1) is 11.3 Å². The summed E-state index contributed by atoms with van der Waals surface area (Å²) in [6.07, 6.45) is 3.57. The summed E-state index contributed by atoms with van der Waals surface area (Å²) >= 11 is 1.77. The number of aliphatic imine (C=N–C) groups is 1. The lowest BCUT2D eigenvalue weighted by Crippen LogP contribution is -2.38. The highest BCUT2D eigenvalue weighted by Gasteiger charge is 2.16. The topological polar surface area (TPSA) is 52.6 Å². The molecular weight excluding hydrogens is 258 g/mol. The molecule has 2 aliphatic heterocycles. The van der Waals surface area contributed by atoms with E-state index in [1.165, 1.54) is 36.8 Å². The number of thiazole rings is 1. The maximum atomic E-state index is 4.72. The molecule has 2 N–H and O–H groups in total. The van der Waals surface area contributed by atoms with Crippen LogP contribution in [0.5, 0.6) is 0 Å². The van der Waals surface area contributed by atoms with Gasteiger partial charge in [-0.1, -0.05) is 0 Å². The van der Waals surface area contributed by atoms with Gasteiger partial charge in [0, 0.05) is 37.5 Å². The molecule has 0 saturated carbocycles. The Hall–Kier alpha value is -1.30. The molecule has 0 amide bonds. The van der Waals surface area contributed by atoms with Gasteiger partial charge in [0.1, 0.15) is 0 Å². The highest BCUT2D eigenvalue weighted by Crippen LogP contribution is 2.24. The SMILES string of the molecule is CC1CN=C(NCCc2csc(N3CCCC3)n2)N1. The molecule has 1 saturated heterocycles. The summed E-state index contributed by atoms with van der Waals surface area (Å²) in [6.45, 7) is 6.24. The van der Waals surface area contributed by atoms with E-state index >= 15 is 0 Å². The highest BCUT2D eigenvalue weighted by molar-refractivity contribution is 7.13. The number of hydrogen-bond acceptors (Lipinski definition) is 6. The first-order chi connectivity index (χ1) is 9.31. The highest BCUT2D eigenvalue weighted by atomic mass is 32.1. The largest absolute Gasteiger partial charge is 0.356 e.